The molecule has 0 bridgehead atoms. The van der Waals surface area contributed by atoms with Crippen molar-refractivity contribution in [3.8, 4) is 0 Å². The lowest BCUT2D eigenvalue weighted by Gasteiger charge is -2.09. The molecular formula is C9H8BrN3O2S. The molecule has 0 saturated carbocycles. The van der Waals surface area contributed by atoms with Crippen molar-refractivity contribution in [2.45, 2.75) is 6.04 Å². The smallest absolute Gasteiger partial charge is 0.279 e. The van der Waals surface area contributed by atoms with Crippen molar-refractivity contribution in [1.82, 2.24) is 10.3 Å². The van der Waals surface area contributed by atoms with Gasteiger partial charge in [0.15, 0.2) is 0 Å². The SMILES string of the molecule is O=C1NC(C(=O)Nc2ccc(Br)cn2)CS1. The third-order valence-corrected chi connectivity index (χ3v) is 3.32. The molecule has 1 unspecified atom stereocenters. The fourth-order valence-corrected chi connectivity index (χ4v) is 2.20. The molecule has 1 atom stereocenters. The monoisotopic (exact) mass is 301 g/mol. The van der Waals surface area contributed by atoms with Crippen LogP contribution in [-0.4, -0.2) is 27.9 Å². The van der Waals surface area contributed by atoms with Crippen LogP contribution in [0.25, 0.3) is 0 Å². The number of carbonyl (C=O) groups is 2. The molecule has 1 aromatic heterocycles. The standard InChI is InChI=1S/C9H8BrN3O2S/c10-5-1-2-7(11-3-5)13-8(14)6-4-16-9(15)12-6/h1-3,6H,4H2,(H,12,15)(H,11,13,14). The molecule has 1 fully saturated rings. The number of amides is 2. The molecule has 0 aromatic carbocycles. The minimum Gasteiger partial charge on any atom is -0.334 e. The molecular weight excluding hydrogens is 294 g/mol. The fraction of sp³-hybridized carbons (Fsp3) is 0.222. The molecule has 5 nitrogen and oxygen atoms in total. The summed E-state index contributed by atoms with van der Waals surface area (Å²) in [6, 6.07) is 3.00. The zero-order valence-corrected chi connectivity index (χ0v) is 10.5. The van der Waals surface area contributed by atoms with Crippen molar-refractivity contribution in [1.29, 1.82) is 0 Å². The first-order chi connectivity index (χ1) is 7.65. The second-order valence-corrected chi connectivity index (χ2v) is 5.05. The average molecular weight is 302 g/mol. The summed E-state index contributed by atoms with van der Waals surface area (Å²) < 4.78 is 0.843. The number of nitrogens with one attached hydrogen (secondary N) is 2. The number of hydrogen-bond donors (Lipinski definition) is 2. The van der Waals surface area contributed by atoms with Crippen LogP contribution in [0.1, 0.15) is 0 Å². The summed E-state index contributed by atoms with van der Waals surface area (Å²) in [5.41, 5.74) is 0. The average Bonchev–Trinajstić information content (AvgIpc) is 2.68. The number of hydrogen-bond acceptors (Lipinski definition) is 4. The van der Waals surface area contributed by atoms with Gasteiger partial charge in [-0.15, -0.1) is 0 Å². The lowest BCUT2D eigenvalue weighted by atomic mass is 10.3. The maximum absolute atomic E-state index is 11.7. The predicted molar refractivity (Wildman–Crippen MR) is 65.3 cm³/mol. The minimum atomic E-state index is -0.469. The summed E-state index contributed by atoms with van der Waals surface area (Å²) in [6.07, 6.45) is 1.59. The van der Waals surface area contributed by atoms with Gasteiger partial charge in [-0.3, -0.25) is 9.59 Å². The summed E-state index contributed by atoms with van der Waals surface area (Å²) in [4.78, 5) is 26.6. The van der Waals surface area contributed by atoms with Crippen LogP contribution >= 0.6 is 27.7 Å². The molecule has 7 heteroatoms. The van der Waals surface area contributed by atoms with E-state index in [-0.39, 0.29) is 11.1 Å². The van der Waals surface area contributed by atoms with E-state index in [9.17, 15) is 9.59 Å². The largest absolute Gasteiger partial charge is 0.334 e. The van der Waals surface area contributed by atoms with E-state index < -0.39 is 6.04 Å². The van der Waals surface area contributed by atoms with Gasteiger partial charge in [0, 0.05) is 16.4 Å². The van der Waals surface area contributed by atoms with Crippen molar-refractivity contribution in [2.75, 3.05) is 11.1 Å². The molecule has 1 aliphatic heterocycles. The molecule has 16 heavy (non-hydrogen) atoms. The number of halogens is 1. The molecule has 0 radical (unpaired) electrons. The quantitative estimate of drug-likeness (QED) is 0.870. The Hall–Kier alpha value is -1.08. The van der Waals surface area contributed by atoms with Gasteiger partial charge in [-0.05, 0) is 28.1 Å². The molecule has 84 valence electrons. The molecule has 1 saturated heterocycles. The Morgan fingerprint density at radius 2 is 2.44 bits per heavy atom. The minimum absolute atomic E-state index is 0.163. The number of thioether (sulfide) groups is 1. The maximum Gasteiger partial charge on any atom is 0.279 e. The second kappa shape index (κ2) is 4.84. The van der Waals surface area contributed by atoms with Gasteiger partial charge in [-0.1, -0.05) is 11.8 Å². The molecule has 2 amide bonds. The summed E-state index contributed by atoms with van der Waals surface area (Å²) in [6.45, 7) is 0. The van der Waals surface area contributed by atoms with Gasteiger partial charge in [0.2, 0.25) is 5.91 Å². The Bertz CT molecular complexity index is 423. The van der Waals surface area contributed by atoms with E-state index in [2.05, 4.69) is 31.5 Å². The van der Waals surface area contributed by atoms with Gasteiger partial charge in [-0.25, -0.2) is 4.98 Å². The zero-order chi connectivity index (χ0) is 11.5. The first-order valence-electron chi connectivity index (χ1n) is 4.51. The van der Waals surface area contributed by atoms with E-state index in [1.807, 2.05) is 0 Å². The summed E-state index contributed by atoms with van der Waals surface area (Å²) >= 11 is 4.36. The van der Waals surface area contributed by atoms with Crippen molar-refractivity contribution < 1.29 is 9.59 Å². The van der Waals surface area contributed by atoms with E-state index in [4.69, 9.17) is 0 Å². The van der Waals surface area contributed by atoms with Crippen LogP contribution in [0.2, 0.25) is 0 Å². The molecule has 1 aliphatic rings. The molecule has 2 heterocycles. The van der Waals surface area contributed by atoms with Crippen LogP contribution in [0.4, 0.5) is 10.6 Å². The van der Waals surface area contributed by atoms with Gasteiger partial charge in [0.1, 0.15) is 11.9 Å². The number of anilines is 1. The van der Waals surface area contributed by atoms with E-state index in [1.165, 1.54) is 0 Å². The number of pyridine rings is 1. The highest BCUT2D eigenvalue weighted by molar-refractivity contribution is 9.10. The van der Waals surface area contributed by atoms with E-state index >= 15 is 0 Å². The van der Waals surface area contributed by atoms with Crippen LogP contribution < -0.4 is 10.6 Å². The first-order valence-corrected chi connectivity index (χ1v) is 6.29. The van der Waals surface area contributed by atoms with Crippen LogP contribution in [0.5, 0.6) is 0 Å². The van der Waals surface area contributed by atoms with Gasteiger partial charge < -0.3 is 10.6 Å². The third kappa shape index (κ3) is 2.73. The Morgan fingerprint density at radius 1 is 1.62 bits per heavy atom. The van der Waals surface area contributed by atoms with Crippen LogP contribution in [0, 0.1) is 0 Å². The highest BCUT2D eigenvalue weighted by Crippen LogP contribution is 2.15. The van der Waals surface area contributed by atoms with Crippen molar-refractivity contribution in [3.63, 3.8) is 0 Å². The van der Waals surface area contributed by atoms with E-state index in [0.717, 1.165) is 16.2 Å². The van der Waals surface area contributed by atoms with E-state index in [0.29, 0.717) is 11.6 Å². The van der Waals surface area contributed by atoms with Gasteiger partial charge >= 0.3 is 0 Å². The van der Waals surface area contributed by atoms with Crippen LogP contribution in [0.15, 0.2) is 22.8 Å². The normalized spacial score (nSPS) is 19.3. The highest BCUT2D eigenvalue weighted by Gasteiger charge is 2.28. The zero-order valence-electron chi connectivity index (χ0n) is 8.07. The molecule has 1 aromatic rings. The number of carbonyl (C=O) groups excluding carboxylic acids is 2. The van der Waals surface area contributed by atoms with Crippen LogP contribution in [-0.2, 0) is 4.79 Å². The Morgan fingerprint density at radius 3 is 3.00 bits per heavy atom. The Labute approximate surface area is 105 Å². The Balaban J connectivity index is 1.97. The lowest BCUT2D eigenvalue weighted by Crippen LogP contribution is -2.38. The third-order valence-electron chi connectivity index (χ3n) is 1.97. The van der Waals surface area contributed by atoms with Gasteiger partial charge in [0.05, 0.1) is 0 Å². The highest BCUT2D eigenvalue weighted by atomic mass is 79.9. The lowest BCUT2D eigenvalue weighted by molar-refractivity contribution is -0.117. The summed E-state index contributed by atoms with van der Waals surface area (Å²) in [5, 5.41) is 5.03. The molecule has 2 N–H and O–H groups in total. The van der Waals surface area contributed by atoms with Crippen molar-refractivity contribution in [3.05, 3.63) is 22.8 Å². The number of aromatic nitrogens is 1. The molecule has 0 aliphatic carbocycles. The second-order valence-electron chi connectivity index (χ2n) is 3.15. The first kappa shape index (κ1) is 11.4. The van der Waals surface area contributed by atoms with Gasteiger partial charge in [-0.2, -0.15) is 0 Å². The maximum atomic E-state index is 11.7. The predicted octanol–water partition coefficient (Wildman–Crippen LogP) is 1.61. The van der Waals surface area contributed by atoms with Crippen molar-refractivity contribution >= 4 is 44.7 Å². The fourth-order valence-electron chi connectivity index (χ4n) is 1.19. The molecule has 2 rings (SSSR count). The summed E-state index contributed by atoms with van der Waals surface area (Å²) in [5.74, 6) is 0.689. The summed E-state index contributed by atoms with van der Waals surface area (Å²) in [7, 11) is 0. The number of nitrogens with zero attached hydrogens (tertiary/aromatic N) is 1. The molecule has 0 spiro atoms. The van der Waals surface area contributed by atoms with E-state index in [1.54, 1.807) is 18.3 Å². The number of rotatable bonds is 2. The Kier molecular flexibility index (Phi) is 3.45. The van der Waals surface area contributed by atoms with Gasteiger partial charge in [0.25, 0.3) is 5.24 Å². The van der Waals surface area contributed by atoms with Crippen LogP contribution in [0.3, 0.4) is 0 Å². The van der Waals surface area contributed by atoms with Crippen molar-refractivity contribution in [2.24, 2.45) is 0 Å². The topological polar surface area (TPSA) is 71.1 Å².